The lowest BCUT2D eigenvalue weighted by atomic mass is 9.97. The predicted octanol–water partition coefficient (Wildman–Crippen LogP) is 3.93. The SMILES string of the molecule is COc1ccc(CNc2nc(N3CCC(C(=O)O)CC3)nc3scc(C)c23)cc1OC. The van der Waals surface area contributed by atoms with Crippen molar-refractivity contribution in [3.8, 4) is 11.5 Å². The minimum absolute atomic E-state index is 0.286. The number of anilines is 2. The lowest BCUT2D eigenvalue weighted by Gasteiger charge is -2.30. The number of methoxy groups -OCH3 is 2. The van der Waals surface area contributed by atoms with E-state index >= 15 is 0 Å². The molecule has 2 aromatic heterocycles. The number of fused-ring (bicyclic) bond motifs is 1. The molecule has 0 radical (unpaired) electrons. The fourth-order valence-electron chi connectivity index (χ4n) is 3.84. The van der Waals surface area contributed by atoms with E-state index in [4.69, 9.17) is 19.4 Å². The van der Waals surface area contributed by atoms with Crippen LogP contribution in [0.2, 0.25) is 0 Å². The predicted molar refractivity (Wildman–Crippen MR) is 122 cm³/mol. The van der Waals surface area contributed by atoms with Crippen LogP contribution in [0.1, 0.15) is 24.0 Å². The summed E-state index contributed by atoms with van der Waals surface area (Å²) < 4.78 is 10.7. The van der Waals surface area contributed by atoms with Crippen molar-refractivity contribution < 1.29 is 19.4 Å². The van der Waals surface area contributed by atoms with Crippen LogP contribution < -0.4 is 19.7 Å². The van der Waals surface area contributed by atoms with Crippen molar-refractivity contribution in [1.29, 1.82) is 0 Å². The van der Waals surface area contributed by atoms with Gasteiger partial charge < -0.3 is 24.8 Å². The van der Waals surface area contributed by atoms with E-state index < -0.39 is 5.97 Å². The molecule has 9 heteroatoms. The van der Waals surface area contributed by atoms with E-state index in [1.54, 1.807) is 25.6 Å². The lowest BCUT2D eigenvalue weighted by Crippen LogP contribution is -2.37. The van der Waals surface area contributed by atoms with Gasteiger partial charge in [-0.25, -0.2) is 4.98 Å². The van der Waals surface area contributed by atoms with Crippen LogP contribution in [0.3, 0.4) is 0 Å². The Morgan fingerprint density at radius 2 is 1.97 bits per heavy atom. The average molecular weight is 443 g/mol. The molecule has 0 aliphatic carbocycles. The zero-order chi connectivity index (χ0) is 22.0. The van der Waals surface area contributed by atoms with E-state index in [-0.39, 0.29) is 5.92 Å². The number of hydrogen-bond donors (Lipinski definition) is 2. The zero-order valence-electron chi connectivity index (χ0n) is 17.8. The van der Waals surface area contributed by atoms with E-state index in [2.05, 4.69) is 22.5 Å². The summed E-state index contributed by atoms with van der Waals surface area (Å²) in [6.45, 7) is 3.91. The number of carboxylic acids is 1. The molecule has 0 atom stereocenters. The third kappa shape index (κ3) is 4.36. The second kappa shape index (κ2) is 8.97. The largest absolute Gasteiger partial charge is 0.493 e. The molecule has 3 heterocycles. The highest BCUT2D eigenvalue weighted by molar-refractivity contribution is 7.17. The van der Waals surface area contributed by atoms with Crippen LogP contribution in [-0.2, 0) is 11.3 Å². The van der Waals surface area contributed by atoms with Gasteiger partial charge in [-0.15, -0.1) is 11.3 Å². The molecule has 1 saturated heterocycles. The first-order chi connectivity index (χ1) is 15.0. The maximum atomic E-state index is 11.3. The summed E-state index contributed by atoms with van der Waals surface area (Å²) in [5.41, 5.74) is 2.17. The Labute approximate surface area is 184 Å². The molecule has 1 aliphatic heterocycles. The number of aliphatic carboxylic acids is 1. The van der Waals surface area contributed by atoms with E-state index in [0.717, 1.165) is 27.2 Å². The van der Waals surface area contributed by atoms with Gasteiger partial charge in [0.15, 0.2) is 11.5 Å². The lowest BCUT2D eigenvalue weighted by molar-refractivity contribution is -0.142. The Hall–Kier alpha value is -3.07. The van der Waals surface area contributed by atoms with E-state index in [9.17, 15) is 9.90 Å². The van der Waals surface area contributed by atoms with Gasteiger partial charge in [-0.2, -0.15) is 4.98 Å². The Morgan fingerprint density at radius 1 is 1.23 bits per heavy atom. The fraction of sp³-hybridized carbons (Fsp3) is 0.409. The van der Waals surface area contributed by atoms with Gasteiger partial charge in [-0.05, 0) is 48.4 Å². The third-order valence-corrected chi connectivity index (χ3v) is 6.63. The summed E-state index contributed by atoms with van der Waals surface area (Å²) in [6.07, 6.45) is 1.21. The standard InChI is InChI=1S/C22H26N4O4S/c1-13-12-31-20-18(13)19(23-11-14-4-5-16(29-2)17(10-14)30-3)24-22(25-20)26-8-6-15(7-9-26)21(27)28/h4-5,10,12,15H,6-9,11H2,1-3H3,(H,27,28)(H,23,24,25). The van der Waals surface area contributed by atoms with Gasteiger partial charge in [-0.3, -0.25) is 4.79 Å². The molecule has 4 rings (SSSR count). The van der Waals surface area contributed by atoms with Crippen LogP contribution in [0, 0.1) is 12.8 Å². The number of nitrogens with zero attached hydrogens (tertiary/aromatic N) is 3. The molecule has 3 aromatic rings. The van der Waals surface area contributed by atoms with Crippen molar-refractivity contribution in [3.63, 3.8) is 0 Å². The number of piperidine rings is 1. The van der Waals surface area contributed by atoms with Gasteiger partial charge >= 0.3 is 5.97 Å². The molecule has 2 N–H and O–H groups in total. The second-order valence-electron chi connectivity index (χ2n) is 7.61. The monoisotopic (exact) mass is 442 g/mol. The number of rotatable bonds is 7. The maximum absolute atomic E-state index is 11.3. The summed E-state index contributed by atoms with van der Waals surface area (Å²) >= 11 is 1.60. The first-order valence-corrected chi connectivity index (χ1v) is 11.1. The third-order valence-electron chi connectivity index (χ3n) is 5.64. The summed E-state index contributed by atoms with van der Waals surface area (Å²) in [6, 6.07) is 5.83. The highest BCUT2D eigenvalue weighted by Crippen LogP contribution is 2.33. The molecule has 8 nitrogen and oxygen atoms in total. The van der Waals surface area contributed by atoms with E-state index in [0.29, 0.717) is 49.9 Å². The van der Waals surface area contributed by atoms with Crippen LogP contribution in [0.15, 0.2) is 23.6 Å². The molecule has 164 valence electrons. The number of thiophene rings is 1. The minimum Gasteiger partial charge on any atom is -0.493 e. The topological polar surface area (TPSA) is 96.8 Å². The van der Waals surface area contributed by atoms with Gasteiger partial charge in [0.2, 0.25) is 5.95 Å². The van der Waals surface area contributed by atoms with E-state index in [1.165, 1.54) is 0 Å². The number of benzene rings is 1. The Bertz CT molecular complexity index is 1090. The van der Waals surface area contributed by atoms with Crippen molar-refractivity contribution in [2.45, 2.75) is 26.3 Å². The molecule has 0 saturated carbocycles. The van der Waals surface area contributed by atoms with Gasteiger partial charge in [0, 0.05) is 19.6 Å². The van der Waals surface area contributed by atoms with Crippen LogP contribution >= 0.6 is 11.3 Å². The molecular formula is C22H26N4O4S. The van der Waals surface area contributed by atoms with Gasteiger partial charge in [0.1, 0.15) is 10.6 Å². The molecule has 0 spiro atoms. The number of carboxylic acid groups (broad SMARTS) is 1. The molecule has 1 fully saturated rings. The summed E-state index contributed by atoms with van der Waals surface area (Å²) in [5.74, 6) is 1.80. The zero-order valence-corrected chi connectivity index (χ0v) is 18.7. The van der Waals surface area contributed by atoms with Crippen molar-refractivity contribution >= 4 is 39.3 Å². The average Bonchev–Trinajstić information content (AvgIpc) is 3.18. The summed E-state index contributed by atoms with van der Waals surface area (Å²) in [4.78, 5) is 23.9. The Kier molecular flexibility index (Phi) is 6.13. The number of aryl methyl sites for hydroxylation is 1. The highest BCUT2D eigenvalue weighted by atomic mass is 32.1. The summed E-state index contributed by atoms with van der Waals surface area (Å²) in [7, 11) is 3.24. The molecule has 1 aromatic carbocycles. The van der Waals surface area contributed by atoms with Gasteiger partial charge in [0.25, 0.3) is 0 Å². The molecule has 0 bridgehead atoms. The molecule has 31 heavy (non-hydrogen) atoms. The normalized spacial score (nSPS) is 14.6. The smallest absolute Gasteiger partial charge is 0.306 e. The van der Waals surface area contributed by atoms with Crippen molar-refractivity contribution in [3.05, 3.63) is 34.7 Å². The molecule has 0 amide bonds. The Balaban J connectivity index is 1.58. The first kappa shape index (κ1) is 21.2. The molecule has 0 unspecified atom stereocenters. The first-order valence-electron chi connectivity index (χ1n) is 10.2. The van der Waals surface area contributed by atoms with Crippen LogP contribution in [-0.4, -0.2) is 48.4 Å². The number of nitrogens with one attached hydrogen (secondary N) is 1. The second-order valence-corrected chi connectivity index (χ2v) is 8.47. The van der Waals surface area contributed by atoms with E-state index in [1.807, 2.05) is 18.2 Å². The number of hydrogen-bond acceptors (Lipinski definition) is 8. The fourth-order valence-corrected chi connectivity index (χ4v) is 4.76. The van der Waals surface area contributed by atoms with Crippen molar-refractivity contribution in [2.24, 2.45) is 5.92 Å². The minimum atomic E-state index is -0.720. The van der Waals surface area contributed by atoms with Gasteiger partial charge in [-0.1, -0.05) is 6.07 Å². The van der Waals surface area contributed by atoms with Crippen molar-refractivity contribution in [1.82, 2.24) is 9.97 Å². The number of carbonyl (C=O) groups is 1. The maximum Gasteiger partial charge on any atom is 0.306 e. The molecule has 1 aliphatic rings. The quantitative estimate of drug-likeness (QED) is 0.568. The highest BCUT2D eigenvalue weighted by Gasteiger charge is 2.26. The van der Waals surface area contributed by atoms with Gasteiger partial charge in [0.05, 0.1) is 25.5 Å². The van der Waals surface area contributed by atoms with Crippen LogP contribution in [0.25, 0.3) is 10.2 Å². The van der Waals surface area contributed by atoms with Crippen LogP contribution in [0.5, 0.6) is 11.5 Å². The number of aromatic nitrogens is 2. The molecular weight excluding hydrogens is 416 g/mol. The Morgan fingerprint density at radius 3 is 2.65 bits per heavy atom. The summed E-state index contributed by atoms with van der Waals surface area (Å²) in [5, 5.41) is 15.8. The van der Waals surface area contributed by atoms with Crippen molar-refractivity contribution in [2.75, 3.05) is 37.5 Å². The number of ether oxygens (including phenoxy) is 2. The van der Waals surface area contributed by atoms with Crippen LogP contribution in [0.4, 0.5) is 11.8 Å².